The van der Waals surface area contributed by atoms with Crippen LogP contribution in [0.1, 0.15) is 45.3 Å². The maximum absolute atomic E-state index is 12.4. The highest BCUT2D eigenvalue weighted by Gasteiger charge is 2.28. The van der Waals surface area contributed by atoms with E-state index in [0.29, 0.717) is 22.9 Å². The molecule has 0 atom stereocenters. The first-order chi connectivity index (χ1) is 12.6. The summed E-state index contributed by atoms with van der Waals surface area (Å²) in [6.07, 6.45) is 2.93. The van der Waals surface area contributed by atoms with Gasteiger partial charge in [-0.3, -0.25) is 4.79 Å². The van der Waals surface area contributed by atoms with E-state index in [-0.39, 0.29) is 11.9 Å². The first-order valence-electron chi connectivity index (χ1n) is 8.84. The van der Waals surface area contributed by atoms with Gasteiger partial charge in [0.25, 0.3) is 0 Å². The van der Waals surface area contributed by atoms with Gasteiger partial charge in [-0.15, -0.1) is 23.1 Å². The van der Waals surface area contributed by atoms with Gasteiger partial charge in [0.1, 0.15) is 5.00 Å². The van der Waals surface area contributed by atoms with Crippen LogP contribution in [0.4, 0.5) is 5.00 Å². The van der Waals surface area contributed by atoms with E-state index in [4.69, 9.17) is 4.74 Å². The summed E-state index contributed by atoms with van der Waals surface area (Å²) in [4.78, 5) is 25.9. The van der Waals surface area contributed by atoms with Crippen LogP contribution >= 0.6 is 23.1 Å². The van der Waals surface area contributed by atoms with Crippen LogP contribution in [0.15, 0.2) is 24.3 Å². The molecule has 1 aliphatic carbocycles. The normalized spacial score (nSPS) is 12.7. The number of thioether (sulfide) groups is 1. The molecule has 0 spiro atoms. The van der Waals surface area contributed by atoms with E-state index in [1.807, 2.05) is 12.1 Å². The number of benzene rings is 1. The van der Waals surface area contributed by atoms with E-state index in [0.717, 1.165) is 30.6 Å². The highest BCUT2D eigenvalue weighted by molar-refractivity contribution is 7.99. The zero-order valence-electron chi connectivity index (χ0n) is 15.1. The minimum Gasteiger partial charge on any atom is -0.462 e. The number of ether oxygens (including phenoxy) is 1. The maximum Gasteiger partial charge on any atom is 0.341 e. The Morgan fingerprint density at radius 2 is 2.08 bits per heavy atom. The Bertz CT molecular complexity index is 813. The van der Waals surface area contributed by atoms with Gasteiger partial charge in [0, 0.05) is 10.6 Å². The van der Waals surface area contributed by atoms with Gasteiger partial charge in [-0.25, -0.2) is 4.79 Å². The van der Waals surface area contributed by atoms with Crippen molar-refractivity contribution in [2.45, 2.75) is 38.9 Å². The third kappa shape index (κ3) is 4.30. The number of carbonyl (C=O) groups is 2. The highest BCUT2D eigenvalue weighted by Crippen LogP contribution is 2.39. The van der Waals surface area contributed by atoms with Crippen molar-refractivity contribution in [1.82, 2.24) is 0 Å². The molecule has 138 valence electrons. The van der Waals surface area contributed by atoms with Crippen molar-refractivity contribution in [3.8, 4) is 0 Å². The number of rotatable bonds is 7. The number of nitrogens with one attached hydrogen (secondary N) is 1. The summed E-state index contributed by atoms with van der Waals surface area (Å²) in [5.74, 6) is 0.758. The summed E-state index contributed by atoms with van der Waals surface area (Å²) in [7, 11) is 0. The molecule has 1 N–H and O–H groups in total. The topological polar surface area (TPSA) is 55.4 Å². The number of hydrogen-bond acceptors (Lipinski definition) is 5. The number of amides is 1. The lowest BCUT2D eigenvalue weighted by molar-refractivity contribution is -0.113. The Balaban J connectivity index is 1.62. The maximum atomic E-state index is 12.4. The van der Waals surface area contributed by atoms with Crippen LogP contribution < -0.4 is 5.32 Å². The number of thiophene rings is 1. The van der Waals surface area contributed by atoms with E-state index in [1.54, 1.807) is 18.7 Å². The Hall–Kier alpha value is -1.79. The number of hydrogen-bond donors (Lipinski definition) is 1. The lowest BCUT2D eigenvalue weighted by atomic mass is 10.1. The van der Waals surface area contributed by atoms with Crippen LogP contribution in [0.5, 0.6) is 0 Å². The van der Waals surface area contributed by atoms with Gasteiger partial charge in [-0.1, -0.05) is 24.3 Å². The molecule has 26 heavy (non-hydrogen) atoms. The predicted octanol–water partition coefficient (Wildman–Crippen LogP) is 4.59. The fourth-order valence-corrected chi connectivity index (χ4v) is 5.30. The largest absolute Gasteiger partial charge is 0.462 e. The summed E-state index contributed by atoms with van der Waals surface area (Å²) >= 11 is 3.10. The molecule has 2 aromatic rings. The molecule has 4 nitrogen and oxygen atoms in total. The van der Waals surface area contributed by atoms with E-state index < -0.39 is 0 Å². The molecular weight excluding hydrogens is 366 g/mol. The standard InChI is InChI=1S/C20H23NO3S2/c1-3-24-20(23)18-15-9-6-10-16(15)26-19(18)21-17(22)12-25-11-14-8-5-4-7-13(14)2/h4-5,7-8H,3,6,9-12H2,1-2H3,(H,21,22). The molecule has 0 saturated carbocycles. The second-order valence-corrected chi connectivity index (χ2v) is 8.34. The molecule has 1 aromatic carbocycles. The predicted molar refractivity (Wildman–Crippen MR) is 108 cm³/mol. The Labute approximate surface area is 162 Å². The molecular formula is C20H23NO3S2. The van der Waals surface area contributed by atoms with Crippen molar-refractivity contribution in [2.75, 3.05) is 17.7 Å². The van der Waals surface area contributed by atoms with Crippen LogP contribution in [0.3, 0.4) is 0 Å². The second kappa shape index (κ2) is 8.73. The summed E-state index contributed by atoms with van der Waals surface area (Å²) in [5, 5.41) is 3.59. The van der Waals surface area contributed by atoms with E-state index in [2.05, 4.69) is 24.4 Å². The van der Waals surface area contributed by atoms with Gasteiger partial charge in [-0.05, 0) is 49.8 Å². The molecule has 1 amide bonds. The smallest absolute Gasteiger partial charge is 0.341 e. The summed E-state index contributed by atoms with van der Waals surface area (Å²) < 4.78 is 5.20. The Morgan fingerprint density at radius 3 is 2.85 bits per heavy atom. The zero-order valence-corrected chi connectivity index (χ0v) is 16.7. The van der Waals surface area contributed by atoms with Crippen LogP contribution in [0.25, 0.3) is 0 Å². The first kappa shape index (κ1) is 19.0. The van der Waals surface area contributed by atoms with Gasteiger partial charge in [0.2, 0.25) is 5.91 Å². The highest BCUT2D eigenvalue weighted by atomic mass is 32.2. The van der Waals surface area contributed by atoms with Gasteiger partial charge >= 0.3 is 5.97 Å². The Kier molecular flexibility index (Phi) is 6.38. The average molecular weight is 390 g/mol. The lowest BCUT2D eigenvalue weighted by Gasteiger charge is -2.08. The average Bonchev–Trinajstić information content (AvgIpc) is 3.17. The first-order valence-corrected chi connectivity index (χ1v) is 10.8. The second-order valence-electron chi connectivity index (χ2n) is 6.25. The minimum absolute atomic E-state index is 0.0749. The number of aryl methyl sites for hydroxylation is 2. The quantitative estimate of drug-likeness (QED) is 0.704. The van der Waals surface area contributed by atoms with Crippen LogP contribution in [-0.4, -0.2) is 24.2 Å². The van der Waals surface area contributed by atoms with E-state index in [9.17, 15) is 9.59 Å². The number of esters is 1. The lowest BCUT2D eigenvalue weighted by Crippen LogP contribution is -2.16. The molecule has 1 heterocycles. The third-order valence-corrected chi connectivity index (χ3v) is 6.59. The molecule has 6 heteroatoms. The van der Waals surface area contributed by atoms with Crippen molar-refractivity contribution in [1.29, 1.82) is 0 Å². The number of anilines is 1. The van der Waals surface area contributed by atoms with Gasteiger partial charge in [-0.2, -0.15) is 0 Å². The molecule has 0 saturated heterocycles. The SMILES string of the molecule is CCOC(=O)c1c(NC(=O)CSCc2ccccc2C)sc2c1CCC2. The molecule has 0 fully saturated rings. The van der Waals surface area contributed by atoms with Crippen LogP contribution in [-0.2, 0) is 28.1 Å². The fourth-order valence-electron chi connectivity index (χ4n) is 3.10. The molecule has 1 aromatic heterocycles. The molecule has 0 bridgehead atoms. The van der Waals surface area contributed by atoms with E-state index in [1.165, 1.54) is 27.3 Å². The number of carbonyl (C=O) groups excluding carboxylic acids is 2. The van der Waals surface area contributed by atoms with Crippen molar-refractivity contribution in [2.24, 2.45) is 0 Å². The van der Waals surface area contributed by atoms with Crippen molar-refractivity contribution in [3.05, 3.63) is 51.4 Å². The molecule has 0 radical (unpaired) electrons. The van der Waals surface area contributed by atoms with Crippen LogP contribution in [0, 0.1) is 6.92 Å². The van der Waals surface area contributed by atoms with E-state index >= 15 is 0 Å². The van der Waals surface area contributed by atoms with Crippen molar-refractivity contribution in [3.63, 3.8) is 0 Å². The zero-order chi connectivity index (χ0) is 18.5. The summed E-state index contributed by atoms with van der Waals surface area (Å²) in [6, 6.07) is 8.20. The van der Waals surface area contributed by atoms with Crippen molar-refractivity contribution >= 4 is 40.0 Å². The van der Waals surface area contributed by atoms with Crippen LogP contribution in [0.2, 0.25) is 0 Å². The molecule has 3 rings (SSSR count). The molecule has 0 aliphatic heterocycles. The molecule has 1 aliphatic rings. The van der Waals surface area contributed by atoms with Gasteiger partial charge in [0.15, 0.2) is 0 Å². The monoisotopic (exact) mass is 389 g/mol. The van der Waals surface area contributed by atoms with Gasteiger partial charge in [0.05, 0.1) is 17.9 Å². The van der Waals surface area contributed by atoms with Gasteiger partial charge < -0.3 is 10.1 Å². The molecule has 0 unspecified atom stereocenters. The third-order valence-electron chi connectivity index (χ3n) is 4.41. The summed E-state index contributed by atoms with van der Waals surface area (Å²) in [6.45, 7) is 4.21. The Morgan fingerprint density at radius 1 is 1.27 bits per heavy atom. The minimum atomic E-state index is -0.324. The fraction of sp³-hybridized carbons (Fsp3) is 0.400. The summed E-state index contributed by atoms with van der Waals surface area (Å²) in [5.41, 5.74) is 4.12. The number of fused-ring (bicyclic) bond motifs is 1. The van der Waals surface area contributed by atoms with Crippen molar-refractivity contribution < 1.29 is 14.3 Å².